The third-order valence-corrected chi connectivity index (χ3v) is 6.07. The summed E-state index contributed by atoms with van der Waals surface area (Å²) in [4.78, 5) is 21.0. The highest BCUT2D eigenvalue weighted by molar-refractivity contribution is 9.10. The molecule has 1 aliphatic heterocycles. The summed E-state index contributed by atoms with van der Waals surface area (Å²) in [6, 6.07) is 14.1. The monoisotopic (exact) mass is 495 g/mol. The van der Waals surface area contributed by atoms with Crippen LogP contribution in [0.5, 0.6) is 5.75 Å². The van der Waals surface area contributed by atoms with Gasteiger partial charge in [0.2, 0.25) is 5.91 Å². The minimum Gasteiger partial charge on any atom is -0.496 e. The number of nitrogens with zero attached hydrogens (tertiary/aromatic N) is 4. The Bertz CT molecular complexity index is 1310. The molecule has 32 heavy (non-hydrogen) atoms. The zero-order chi connectivity index (χ0) is 22.2. The average Bonchev–Trinajstić information content (AvgIpc) is 3.23. The fraction of sp³-hybridized carbons (Fsp3) is 0.174. The van der Waals surface area contributed by atoms with Gasteiger partial charge in [-0.2, -0.15) is 5.10 Å². The number of ether oxygens (including phenoxy) is 1. The number of benzene rings is 2. The van der Waals surface area contributed by atoms with Crippen molar-refractivity contribution in [2.75, 3.05) is 36.5 Å². The molecule has 1 aliphatic rings. The Morgan fingerprint density at radius 3 is 2.72 bits per heavy atom. The number of fused-ring (bicyclic) bond motifs is 1. The number of pyridine rings is 1. The summed E-state index contributed by atoms with van der Waals surface area (Å²) < 4.78 is 20.9. The minimum absolute atomic E-state index is 0.0141. The number of aromatic nitrogens is 3. The topological polar surface area (TPSA) is 74.3 Å². The van der Waals surface area contributed by atoms with Gasteiger partial charge in [0.25, 0.3) is 0 Å². The molecule has 1 N–H and O–H groups in total. The average molecular weight is 496 g/mol. The van der Waals surface area contributed by atoms with E-state index in [9.17, 15) is 9.18 Å². The molecule has 0 spiro atoms. The first-order chi connectivity index (χ1) is 15.5. The molecule has 2 aromatic heterocycles. The molecular formula is C23H19BrFN5O2. The number of anilines is 2. The fourth-order valence-corrected chi connectivity index (χ4v) is 4.22. The van der Waals surface area contributed by atoms with E-state index in [0.29, 0.717) is 41.4 Å². The van der Waals surface area contributed by atoms with E-state index in [4.69, 9.17) is 4.74 Å². The molecule has 1 fully saturated rings. The summed E-state index contributed by atoms with van der Waals surface area (Å²) >= 11 is 3.42. The lowest BCUT2D eigenvalue weighted by atomic mass is 10.1. The molecule has 3 heterocycles. The first-order valence-corrected chi connectivity index (χ1v) is 10.8. The fourth-order valence-electron chi connectivity index (χ4n) is 3.95. The molecule has 7 nitrogen and oxygen atoms in total. The molecule has 162 valence electrons. The van der Waals surface area contributed by atoms with Gasteiger partial charge in [0, 0.05) is 28.6 Å². The molecule has 1 amide bonds. The standard InChI is InChI=1S/C23H19BrFN5O2/c1-32-20-4-2-3-17(25)22(20)18-11-16-19(12-26-18)27-28-23(16)29-9-10-30(21(31)13-29)15-7-5-14(24)6-8-15/h2-8,11-12H,9-10,13H2,1H3,(H,27,28). The van der Waals surface area contributed by atoms with E-state index in [1.165, 1.54) is 13.2 Å². The Morgan fingerprint density at radius 2 is 1.97 bits per heavy atom. The van der Waals surface area contributed by atoms with Crippen molar-refractivity contribution in [3.8, 4) is 17.0 Å². The second-order valence-corrected chi connectivity index (χ2v) is 8.34. The number of rotatable bonds is 4. The number of aromatic amines is 1. The molecule has 5 rings (SSSR count). The van der Waals surface area contributed by atoms with Gasteiger partial charge in [0.05, 0.1) is 36.6 Å². The van der Waals surface area contributed by atoms with Gasteiger partial charge in [-0.15, -0.1) is 0 Å². The van der Waals surface area contributed by atoms with Gasteiger partial charge in [-0.05, 0) is 42.5 Å². The molecule has 4 aromatic rings. The second-order valence-electron chi connectivity index (χ2n) is 7.42. The van der Waals surface area contributed by atoms with Crippen molar-refractivity contribution in [1.29, 1.82) is 0 Å². The van der Waals surface area contributed by atoms with Gasteiger partial charge in [-0.25, -0.2) is 4.39 Å². The number of amides is 1. The van der Waals surface area contributed by atoms with Crippen LogP contribution in [0.4, 0.5) is 15.9 Å². The van der Waals surface area contributed by atoms with E-state index in [1.807, 2.05) is 29.2 Å². The normalized spacial score (nSPS) is 14.3. The molecule has 0 radical (unpaired) electrons. The van der Waals surface area contributed by atoms with Gasteiger partial charge in [0.15, 0.2) is 5.82 Å². The maximum atomic E-state index is 14.6. The van der Waals surface area contributed by atoms with Crippen LogP contribution in [0.1, 0.15) is 0 Å². The molecule has 9 heteroatoms. The van der Waals surface area contributed by atoms with Crippen LogP contribution >= 0.6 is 15.9 Å². The first-order valence-electron chi connectivity index (χ1n) is 10.0. The van der Waals surface area contributed by atoms with Gasteiger partial charge in [0.1, 0.15) is 11.6 Å². The lowest BCUT2D eigenvalue weighted by Crippen LogP contribution is -2.50. The minimum atomic E-state index is -0.417. The van der Waals surface area contributed by atoms with E-state index in [0.717, 1.165) is 15.5 Å². The lowest BCUT2D eigenvalue weighted by Gasteiger charge is -2.34. The van der Waals surface area contributed by atoms with Crippen molar-refractivity contribution < 1.29 is 13.9 Å². The molecule has 0 atom stereocenters. The van der Waals surface area contributed by atoms with Crippen LogP contribution in [0.15, 0.2) is 59.2 Å². The van der Waals surface area contributed by atoms with Crippen LogP contribution < -0.4 is 14.5 Å². The number of carbonyl (C=O) groups is 1. The van der Waals surface area contributed by atoms with Crippen molar-refractivity contribution in [2.45, 2.75) is 0 Å². The Labute approximate surface area is 191 Å². The van der Waals surface area contributed by atoms with E-state index < -0.39 is 5.82 Å². The highest BCUT2D eigenvalue weighted by Gasteiger charge is 2.28. The Hall–Kier alpha value is -3.46. The number of carbonyl (C=O) groups excluding carboxylic acids is 1. The quantitative estimate of drug-likeness (QED) is 0.454. The summed E-state index contributed by atoms with van der Waals surface area (Å²) in [5.74, 6) is 0.613. The number of piperazine rings is 1. The second kappa shape index (κ2) is 8.23. The van der Waals surface area contributed by atoms with Gasteiger partial charge < -0.3 is 14.5 Å². The van der Waals surface area contributed by atoms with Crippen molar-refractivity contribution in [3.05, 3.63) is 65.0 Å². The van der Waals surface area contributed by atoms with Gasteiger partial charge in [-0.1, -0.05) is 22.0 Å². The zero-order valence-corrected chi connectivity index (χ0v) is 18.8. The van der Waals surface area contributed by atoms with Crippen LogP contribution in [0.25, 0.3) is 22.2 Å². The highest BCUT2D eigenvalue weighted by atomic mass is 79.9. The van der Waals surface area contributed by atoms with E-state index in [-0.39, 0.29) is 12.5 Å². The number of nitrogens with one attached hydrogen (secondary N) is 1. The Kier molecular flexibility index (Phi) is 5.26. The Morgan fingerprint density at radius 1 is 1.16 bits per heavy atom. The van der Waals surface area contributed by atoms with Crippen LogP contribution in [0, 0.1) is 5.82 Å². The number of methoxy groups -OCH3 is 1. The number of hydrogen-bond acceptors (Lipinski definition) is 5. The maximum absolute atomic E-state index is 14.6. The van der Waals surface area contributed by atoms with Gasteiger partial charge >= 0.3 is 0 Å². The smallest absolute Gasteiger partial charge is 0.246 e. The van der Waals surface area contributed by atoms with Crippen molar-refractivity contribution >= 4 is 44.2 Å². The van der Waals surface area contributed by atoms with E-state index in [1.54, 1.807) is 29.3 Å². The summed E-state index contributed by atoms with van der Waals surface area (Å²) in [6.45, 7) is 1.34. The molecular weight excluding hydrogens is 477 g/mol. The van der Waals surface area contributed by atoms with Crippen LogP contribution in [0.2, 0.25) is 0 Å². The van der Waals surface area contributed by atoms with Gasteiger partial charge in [-0.3, -0.25) is 14.9 Å². The van der Waals surface area contributed by atoms with E-state index in [2.05, 4.69) is 31.1 Å². The maximum Gasteiger partial charge on any atom is 0.246 e. The zero-order valence-electron chi connectivity index (χ0n) is 17.2. The molecule has 1 saturated heterocycles. The molecule has 0 saturated carbocycles. The molecule has 2 aromatic carbocycles. The SMILES string of the molecule is COc1cccc(F)c1-c1cc2c(N3CCN(c4ccc(Br)cc4)C(=O)C3)n[nH]c2cn1. The predicted molar refractivity (Wildman–Crippen MR) is 125 cm³/mol. The number of halogens is 2. The summed E-state index contributed by atoms with van der Waals surface area (Å²) in [7, 11) is 1.50. The number of H-pyrrole nitrogens is 1. The predicted octanol–water partition coefficient (Wildman–Crippen LogP) is 4.39. The van der Waals surface area contributed by atoms with Crippen molar-refractivity contribution in [2.24, 2.45) is 0 Å². The van der Waals surface area contributed by atoms with E-state index >= 15 is 0 Å². The largest absolute Gasteiger partial charge is 0.496 e. The molecule has 0 bridgehead atoms. The first kappa shape index (κ1) is 20.4. The van der Waals surface area contributed by atoms with Crippen molar-refractivity contribution in [1.82, 2.24) is 15.2 Å². The lowest BCUT2D eigenvalue weighted by molar-refractivity contribution is -0.117. The highest BCUT2D eigenvalue weighted by Crippen LogP contribution is 2.34. The van der Waals surface area contributed by atoms with Crippen LogP contribution in [-0.2, 0) is 4.79 Å². The Balaban J connectivity index is 1.46. The van der Waals surface area contributed by atoms with Crippen LogP contribution in [-0.4, -0.2) is 47.8 Å². The number of hydrogen-bond donors (Lipinski definition) is 1. The third kappa shape index (κ3) is 3.58. The molecule has 0 unspecified atom stereocenters. The third-order valence-electron chi connectivity index (χ3n) is 5.54. The molecule has 0 aliphatic carbocycles. The summed E-state index contributed by atoms with van der Waals surface area (Å²) in [6.07, 6.45) is 1.62. The summed E-state index contributed by atoms with van der Waals surface area (Å²) in [5, 5.41) is 8.15. The summed E-state index contributed by atoms with van der Waals surface area (Å²) in [5.41, 5.74) is 2.31. The van der Waals surface area contributed by atoms with Crippen molar-refractivity contribution in [3.63, 3.8) is 0 Å². The van der Waals surface area contributed by atoms with Crippen LogP contribution in [0.3, 0.4) is 0 Å².